The van der Waals surface area contributed by atoms with Gasteiger partial charge in [0.15, 0.2) is 0 Å². The summed E-state index contributed by atoms with van der Waals surface area (Å²) in [5.41, 5.74) is 0.633. The average molecular weight is 270 g/mol. The molecule has 0 aliphatic rings. The van der Waals surface area contributed by atoms with Crippen LogP contribution in [0.3, 0.4) is 0 Å². The Morgan fingerprint density at radius 2 is 2.10 bits per heavy atom. The molecule has 0 unspecified atom stereocenters. The third-order valence-corrected chi connectivity index (χ3v) is 2.73. The zero-order valence-corrected chi connectivity index (χ0v) is 8.20. The van der Waals surface area contributed by atoms with Crippen LogP contribution in [0.25, 0.3) is 0 Å². The first-order valence-corrected chi connectivity index (χ1v) is 4.18. The molecule has 0 aliphatic heterocycles. The highest BCUT2D eigenvalue weighted by molar-refractivity contribution is 14.1. The molecule has 0 heterocycles. The number of benzene rings is 1. The standard InChI is InChI=1S/C7H5ClFI/c1-4-2-7(10)5(8)3-6(4)9/h2-3H,1H3. The van der Waals surface area contributed by atoms with Gasteiger partial charge in [0.05, 0.1) is 5.02 Å². The van der Waals surface area contributed by atoms with Gasteiger partial charge in [0.1, 0.15) is 5.82 Å². The lowest BCUT2D eigenvalue weighted by atomic mass is 10.2. The van der Waals surface area contributed by atoms with Crippen LogP contribution in [0.1, 0.15) is 5.56 Å². The molecule has 0 saturated heterocycles. The highest BCUT2D eigenvalue weighted by atomic mass is 127. The summed E-state index contributed by atoms with van der Waals surface area (Å²) in [5, 5.41) is 0.476. The van der Waals surface area contributed by atoms with E-state index in [9.17, 15) is 4.39 Å². The summed E-state index contributed by atoms with van der Waals surface area (Å²) < 4.78 is 13.6. The fourth-order valence-corrected chi connectivity index (χ4v) is 1.40. The normalized spacial score (nSPS) is 10.0. The average Bonchev–Trinajstić information content (AvgIpc) is 1.84. The molecular weight excluding hydrogens is 265 g/mol. The number of rotatable bonds is 0. The topological polar surface area (TPSA) is 0 Å². The largest absolute Gasteiger partial charge is 0.207 e. The molecule has 0 aliphatic carbocycles. The van der Waals surface area contributed by atoms with Crippen LogP contribution >= 0.6 is 34.2 Å². The fraction of sp³-hybridized carbons (Fsp3) is 0.143. The summed E-state index contributed by atoms with van der Waals surface area (Å²) in [6.07, 6.45) is 0. The first kappa shape index (κ1) is 8.27. The maximum absolute atomic E-state index is 12.7. The van der Waals surface area contributed by atoms with Gasteiger partial charge in [-0.25, -0.2) is 4.39 Å². The number of hydrogen-bond acceptors (Lipinski definition) is 0. The molecule has 0 amide bonds. The van der Waals surface area contributed by atoms with E-state index in [1.807, 2.05) is 0 Å². The van der Waals surface area contributed by atoms with Crippen LogP contribution in [0.2, 0.25) is 5.02 Å². The van der Waals surface area contributed by atoms with Crippen molar-refractivity contribution in [1.82, 2.24) is 0 Å². The Balaban J connectivity index is 3.28. The van der Waals surface area contributed by atoms with Crippen molar-refractivity contribution in [3.63, 3.8) is 0 Å². The van der Waals surface area contributed by atoms with E-state index >= 15 is 0 Å². The van der Waals surface area contributed by atoms with Gasteiger partial charge in [-0.05, 0) is 47.2 Å². The van der Waals surface area contributed by atoms with Gasteiger partial charge in [-0.1, -0.05) is 11.6 Å². The lowest BCUT2D eigenvalue weighted by Crippen LogP contribution is -1.83. The zero-order valence-electron chi connectivity index (χ0n) is 5.29. The number of aryl methyl sites for hydroxylation is 1. The Morgan fingerprint density at radius 3 is 2.60 bits per heavy atom. The van der Waals surface area contributed by atoms with Crippen LogP contribution < -0.4 is 0 Å². The molecule has 0 atom stereocenters. The molecule has 0 fully saturated rings. The molecular formula is C7H5ClFI. The maximum Gasteiger partial charge on any atom is 0.127 e. The quantitative estimate of drug-likeness (QED) is 0.501. The SMILES string of the molecule is Cc1cc(I)c(Cl)cc1F. The van der Waals surface area contributed by atoms with Gasteiger partial charge >= 0.3 is 0 Å². The second-order valence-corrected chi connectivity index (χ2v) is 3.58. The molecule has 0 nitrogen and oxygen atoms in total. The molecule has 1 aromatic rings. The van der Waals surface area contributed by atoms with Gasteiger partial charge in [0.2, 0.25) is 0 Å². The molecule has 0 saturated carbocycles. The third kappa shape index (κ3) is 1.61. The smallest absolute Gasteiger partial charge is 0.127 e. The number of halogens is 3. The van der Waals surface area contributed by atoms with Crippen molar-refractivity contribution < 1.29 is 4.39 Å². The molecule has 0 radical (unpaired) electrons. The Hall–Kier alpha value is 0.170. The van der Waals surface area contributed by atoms with Gasteiger partial charge in [-0.3, -0.25) is 0 Å². The minimum atomic E-state index is -0.245. The summed E-state index contributed by atoms with van der Waals surface area (Å²) in [5.74, 6) is -0.245. The monoisotopic (exact) mass is 270 g/mol. The predicted octanol–water partition coefficient (Wildman–Crippen LogP) is 3.39. The van der Waals surface area contributed by atoms with E-state index in [1.54, 1.807) is 13.0 Å². The lowest BCUT2D eigenvalue weighted by molar-refractivity contribution is 0.618. The molecule has 0 aromatic heterocycles. The lowest BCUT2D eigenvalue weighted by Gasteiger charge is -1.98. The van der Waals surface area contributed by atoms with Gasteiger partial charge in [0, 0.05) is 3.57 Å². The molecule has 54 valence electrons. The molecule has 3 heteroatoms. The predicted molar refractivity (Wildman–Crippen MR) is 48.9 cm³/mol. The van der Waals surface area contributed by atoms with Crippen LogP contribution in [0.15, 0.2) is 12.1 Å². The van der Waals surface area contributed by atoms with E-state index in [0.717, 1.165) is 3.57 Å². The van der Waals surface area contributed by atoms with Crippen molar-refractivity contribution >= 4 is 34.2 Å². The van der Waals surface area contributed by atoms with Crippen molar-refractivity contribution in [2.75, 3.05) is 0 Å². The van der Waals surface area contributed by atoms with E-state index in [1.165, 1.54) is 6.07 Å². The van der Waals surface area contributed by atoms with Crippen LogP contribution in [0.4, 0.5) is 4.39 Å². The van der Waals surface area contributed by atoms with Crippen LogP contribution in [-0.2, 0) is 0 Å². The van der Waals surface area contributed by atoms with Crippen molar-refractivity contribution in [1.29, 1.82) is 0 Å². The van der Waals surface area contributed by atoms with E-state index in [2.05, 4.69) is 22.6 Å². The van der Waals surface area contributed by atoms with Crippen molar-refractivity contribution in [2.45, 2.75) is 6.92 Å². The van der Waals surface area contributed by atoms with Gasteiger partial charge in [-0.15, -0.1) is 0 Å². The first-order chi connectivity index (χ1) is 4.61. The molecule has 0 bridgehead atoms. The summed E-state index contributed by atoms with van der Waals surface area (Å²) in [7, 11) is 0. The zero-order chi connectivity index (χ0) is 7.72. The Morgan fingerprint density at radius 1 is 1.50 bits per heavy atom. The van der Waals surface area contributed by atoms with E-state index in [0.29, 0.717) is 10.6 Å². The van der Waals surface area contributed by atoms with Crippen molar-refractivity contribution in [3.05, 3.63) is 32.1 Å². The van der Waals surface area contributed by atoms with E-state index < -0.39 is 0 Å². The van der Waals surface area contributed by atoms with Crippen molar-refractivity contribution in [2.24, 2.45) is 0 Å². The van der Waals surface area contributed by atoms with Crippen LogP contribution in [0.5, 0.6) is 0 Å². The third-order valence-electron chi connectivity index (χ3n) is 1.20. The van der Waals surface area contributed by atoms with Crippen molar-refractivity contribution in [3.8, 4) is 0 Å². The van der Waals surface area contributed by atoms with E-state index in [4.69, 9.17) is 11.6 Å². The molecule has 1 rings (SSSR count). The first-order valence-electron chi connectivity index (χ1n) is 2.72. The highest BCUT2D eigenvalue weighted by Crippen LogP contribution is 2.21. The second kappa shape index (κ2) is 3.05. The molecule has 1 aromatic carbocycles. The summed E-state index contributed by atoms with van der Waals surface area (Å²) in [4.78, 5) is 0. The van der Waals surface area contributed by atoms with Crippen LogP contribution in [0, 0.1) is 16.3 Å². The fourth-order valence-electron chi connectivity index (χ4n) is 0.622. The highest BCUT2D eigenvalue weighted by Gasteiger charge is 2.01. The molecule has 0 N–H and O–H groups in total. The molecule has 0 spiro atoms. The van der Waals surface area contributed by atoms with Gasteiger partial charge in [0.25, 0.3) is 0 Å². The Labute approximate surface area is 77.5 Å². The Bertz CT molecular complexity index is 210. The number of hydrogen-bond donors (Lipinski definition) is 0. The van der Waals surface area contributed by atoms with Gasteiger partial charge < -0.3 is 0 Å². The minimum Gasteiger partial charge on any atom is -0.207 e. The Kier molecular flexibility index (Phi) is 2.52. The minimum absolute atomic E-state index is 0.245. The van der Waals surface area contributed by atoms with E-state index in [-0.39, 0.29) is 5.82 Å². The maximum atomic E-state index is 12.7. The summed E-state index contributed by atoms with van der Waals surface area (Å²) >= 11 is 7.71. The van der Waals surface area contributed by atoms with Crippen LogP contribution in [-0.4, -0.2) is 0 Å². The summed E-state index contributed by atoms with van der Waals surface area (Å²) in [6, 6.07) is 3.05. The van der Waals surface area contributed by atoms with Gasteiger partial charge in [-0.2, -0.15) is 0 Å². The second-order valence-electron chi connectivity index (χ2n) is 2.02. The molecule has 10 heavy (non-hydrogen) atoms. The summed E-state index contributed by atoms with van der Waals surface area (Å²) in [6.45, 7) is 1.72.